The average Bonchev–Trinajstić information content (AvgIpc) is 2.49. The number of benzene rings is 1. The van der Waals surface area contributed by atoms with Gasteiger partial charge in [0.25, 0.3) is 11.8 Å². The van der Waals surface area contributed by atoms with Crippen LogP contribution in [0.2, 0.25) is 0 Å². The standard InChI is InChI=1S/C15H19N3O3/c1-18-13(19)7-6-12(15(18)21)17-14(20)11-4-2-10(3-5-11)8-9-16/h2-5,12H,6-9,16H2,1H3,(H,17,20). The summed E-state index contributed by atoms with van der Waals surface area (Å²) in [6, 6.07) is 6.48. The lowest BCUT2D eigenvalue weighted by Gasteiger charge is -2.28. The fraction of sp³-hybridized carbons (Fsp3) is 0.400. The molecule has 112 valence electrons. The molecule has 6 heteroatoms. The minimum Gasteiger partial charge on any atom is -0.340 e. The van der Waals surface area contributed by atoms with E-state index in [9.17, 15) is 14.4 Å². The molecular formula is C15H19N3O3. The molecule has 1 aliphatic rings. The van der Waals surface area contributed by atoms with Crippen LogP contribution in [0, 0.1) is 0 Å². The van der Waals surface area contributed by atoms with E-state index < -0.39 is 6.04 Å². The normalized spacial score (nSPS) is 18.8. The van der Waals surface area contributed by atoms with Crippen LogP contribution in [0.1, 0.15) is 28.8 Å². The lowest BCUT2D eigenvalue weighted by Crippen LogP contribution is -2.52. The zero-order valence-electron chi connectivity index (χ0n) is 12.0. The molecule has 0 saturated carbocycles. The van der Waals surface area contributed by atoms with Crippen LogP contribution in [0.15, 0.2) is 24.3 Å². The van der Waals surface area contributed by atoms with Gasteiger partial charge in [-0.15, -0.1) is 0 Å². The van der Waals surface area contributed by atoms with E-state index in [0.717, 1.165) is 16.9 Å². The van der Waals surface area contributed by atoms with Gasteiger partial charge in [0.1, 0.15) is 6.04 Å². The summed E-state index contributed by atoms with van der Waals surface area (Å²) in [5, 5.41) is 2.68. The number of imide groups is 1. The summed E-state index contributed by atoms with van der Waals surface area (Å²) in [4.78, 5) is 36.5. The first kappa shape index (κ1) is 15.2. The largest absolute Gasteiger partial charge is 0.340 e. The van der Waals surface area contributed by atoms with Crippen LogP contribution in [-0.2, 0) is 16.0 Å². The summed E-state index contributed by atoms with van der Waals surface area (Å²) in [7, 11) is 1.44. The molecule has 1 aliphatic heterocycles. The molecule has 1 heterocycles. The van der Waals surface area contributed by atoms with Crippen LogP contribution in [0.4, 0.5) is 0 Å². The predicted octanol–water partition coefficient (Wildman–Crippen LogP) is 0.0650. The molecule has 3 N–H and O–H groups in total. The second kappa shape index (κ2) is 6.49. The number of likely N-dealkylation sites (tertiary alicyclic amines) is 1. The number of nitrogens with two attached hydrogens (primary N) is 1. The molecule has 1 fully saturated rings. The van der Waals surface area contributed by atoms with Crippen LogP contribution in [-0.4, -0.2) is 42.3 Å². The van der Waals surface area contributed by atoms with Crippen molar-refractivity contribution in [3.8, 4) is 0 Å². The Hall–Kier alpha value is -2.21. The Morgan fingerprint density at radius 2 is 2.00 bits per heavy atom. The van der Waals surface area contributed by atoms with Crippen molar-refractivity contribution in [3.05, 3.63) is 35.4 Å². The summed E-state index contributed by atoms with van der Waals surface area (Å²) < 4.78 is 0. The van der Waals surface area contributed by atoms with Crippen molar-refractivity contribution in [3.63, 3.8) is 0 Å². The van der Waals surface area contributed by atoms with Crippen LogP contribution >= 0.6 is 0 Å². The number of amides is 3. The highest BCUT2D eigenvalue weighted by Gasteiger charge is 2.32. The van der Waals surface area contributed by atoms with E-state index in [-0.39, 0.29) is 24.1 Å². The van der Waals surface area contributed by atoms with Crippen molar-refractivity contribution in [1.29, 1.82) is 0 Å². The summed E-state index contributed by atoms with van der Waals surface area (Å²) in [5.74, 6) is -0.883. The van der Waals surface area contributed by atoms with Gasteiger partial charge in [0.15, 0.2) is 0 Å². The number of nitrogens with one attached hydrogen (secondary N) is 1. The lowest BCUT2D eigenvalue weighted by molar-refractivity contribution is -0.147. The smallest absolute Gasteiger partial charge is 0.251 e. The van der Waals surface area contributed by atoms with Gasteiger partial charge in [0, 0.05) is 19.0 Å². The predicted molar refractivity (Wildman–Crippen MR) is 77.5 cm³/mol. The molecule has 2 rings (SSSR count). The van der Waals surface area contributed by atoms with Crippen molar-refractivity contribution in [1.82, 2.24) is 10.2 Å². The molecule has 1 aromatic carbocycles. The molecule has 1 saturated heterocycles. The molecule has 3 amide bonds. The molecule has 1 aromatic rings. The third-order valence-electron chi connectivity index (χ3n) is 3.60. The van der Waals surface area contributed by atoms with Gasteiger partial charge in [-0.05, 0) is 37.1 Å². The van der Waals surface area contributed by atoms with Crippen LogP contribution < -0.4 is 11.1 Å². The van der Waals surface area contributed by atoms with E-state index in [0.29, 0.717) is 18.5 Å². The number of piperidine rings is 1. The van der Waals surface area contributed by atoms with E-state index in [4.69, 9.17) is 5.73 Å². The first-order valence-electron chi connectivity index (χ1n) is 6.93. The Morgan fingerprint density at radius 3 is 2.62 bits per heavy atom. The highest BCUT2D eigenvalue weighted by atomic mass is 16.2. The van der Waals surface area contributed by atoms with E-state index >= 15 is 0 Å². The average molecular weight is 289 g/mol. The number of hydrogen-bond donors (Lipinski definition) is 2. The fourth-order valence-corrected chi connectivity index (χ4v) is 2.28. The molecule has 21 heavy (non-hydrogen) atoms. The maximum absolute atomic E-state index is 12.1. The minimum absolute atomic E-state index is 0.211. The third kappa shape index (κ3) is 3.46. The van der Waals surface area contributed by atoms with Gasteiger partial charge < -0.3 is 11.1 Å². The fourth-order valence-electron chi connectivity index (χ4n) is 2.28. The monoisotopic (exact) mass is 289 g/mol. The van der Waals surface area contributed by atoms with E-state index in [1.807, 2.05) is 12.1 Å². The van der Waals surface area contributed by atoms with Crippen molar-refractivity contribution in [2.45, 2.75) is 25.3 Å². The highest BCUT2D eigenvalue weighted by Crippen LogP contribution is 2.12. The molecule has 0 bridgehead atoms. The van der Waals surface area contributed by atoms with Crippen LogP contribution in [0.3, 0.4) is 0 Å². The number of carbonyl (C=O) groups excluding carboxylic acids is 3. The summed E-state index contributed by atoms with van der Waals surface area (Å²) in [6.45, 7) is 0.558. The second-order valence-corrected chi connectivity index (χ2v) is 5.09. The molecule has 0 aliphatic carbocycles. The second-order valence-electron chi connectivity index (χ2n) is 5.09. The zero-order valence-corrected chi connectivity index (χ0v) is 12.0. The Balaban J connectivity index is 2.01. The van der Waals surface area contributed by atoms with Gasteiger partial charge in [-0.25, -0.2) is 0 Å². The van der Waals surface area contributed by atoms with E-state index in [1.54, 1.807) is 12.1 Å². The SMILES string of the molecule is CN1C(=O)CCC(NC(=O)c2ccc(CCN)cc2)C1=O. The molecule has 6 nitrogen and oxygen atoms in total. The Morgan fingerprint density at radius 1 is 1.33 bits per heavy atom. The van der Waals surface area contributed by atoms with E-state index in [1.165, 1.54) is 7.05 Å². The molecule has 1 unspecified atom stereocenters. The maximum Gasteiger partial charge on any atom is 0.251 e. The van der Waals surface area contributed by atoms with Crippen LogP contribution in [0.25, 0.3) is 0 Å². The van der Waals surface area contributed by atoms with Gasteiger partial charge in [-0.1, -0.05) is 12.1 Å². The molecule has 0 radical (unpaired) electrons. The van der Waals surface area contributed by atoms with Gasteiger partial charge in [-0.2, -0.15) is 0 Å². The summed E-state index contributed by atoms with van der Waals surface area (Å²) >= 11 is 0. The van der Waals surface area contributed by atoms with Crippen molar-refractivity contribution in [2.24, 2.45) is 5.73 Å². The first-order valence-corrected chi connectivity index (χ1v) is 6.93. The summed E-state index contributed by atoms with van der Waals surface area (Å²) in [5.41, 5.74) is 7.02. The zero-order chi connectivity index (χ0) is 15.4. The van der Waals surface area contributed by atoms with Crippen molar-refractivity contribution < 1.29 is 14.4 Å². The number of rotatable bonds is 4. The van der Waals surface area contributed by atoms with Gasteiger partial charge in [0.2, 0.25) is 5.91 Å². The number of likely N-dealkylation sites (N-methyl/N-ethyl adjacent to an activating group) is 1. The Kier molecular flexibility index (Phi) is 4.70. The minimum atomic E-state index is -0.635. The van der Waals surface area contributed by atoms with Crippen LogP contribution in [0.5, 0.6) is 0 Å². The summed E-state index contributed by atoms with van der Waals surface area (Å²) in [6.07, 6.45) is 1.37. The van der Waals surface area contributed by atoms with Gasteiger partial charge >= 0.3 is 0 Å². The number of carbonyl (C=O) groups is 3. The molecule has 1 atom stereocenters. The lowest BCUT2D eigenvalue weighted by atomic mass is 10.0. The highest BCUT2D eigenvalue weighted by molar-refractivity contribution is 6.03. The van der Waals surface area contributed by atoms with E-state index in [2.05, 4.69) is 5.32 Å². The Labute approximate surface area is 123 Å². The topological polar surface area (TPSA) is 92.5 Å². The van der Waals surface area contributed by atoms with Gasteiger partial charge in [-0.3, -0.25) is 19.3 Å². The van der Waals surface area contributed by atoms with Crippen molar-refractivity contribution >= 4 is 17.7 Å². The number of hydrogen-bond acceptors (Lipinski definition) is 4. The Bertz CT molecular complexity index is 554. The van der Waals surface area contributed by atoms with Gasteiger partial charge in [0.05, 0.1) is 0 Å². The maximum atomic E-state index is 12.1. The quantitative estimate of drug-likeness (QED) is 0.767. The first-order chi connectivity index (χ1) is 10.0. The third-order valence-corrected chi connectivity index (χ3v) is 3.60. The molecule has 0 spiro atoms. The van der Waals surface area contributed by atoms with Crippen molar-refractivity contribution in [2.75, 3.05) is 13.6 Å². The number of nitrogens with zero attached hydrogens (tertiary/aromatic N) is 1. The molecular weight excluding hydrogens is 270 g/mol. The molecule has 0 aromatic heterocycles.